The van der Waals surface area contributed by atoms with Gasteiger partial charge in [0.1, 0.15) is 11.6 Å². The van der Waals surface area contributed by atoms with Gasteiger partial charge in [-0.25, -0.2) is 0 Å². The fourth-order valence-corrected chi connectivity index (χ4v) is 2.86. The number of hydrogen-bond acceptors (Lipinski definition) is 4. The Hall–Kier alpha value is -1.39. The fraction of sp³-hybridized carbons (Fsp3) is 0.400. The van der Waals surface area contributed by atoms with Gasteiger partial charge >= 0.3 is 5.97 Å². The highest BCUT2D eigenvalue weighted by molar-refractivity contribution is 7.17. The first kappa shape index (κ1) is 14.0. The zero-order valence-corrected chi connectivity index (χ0v) is 12.3. The zero-order chi connectivity index (χ0) is 14.0. The summed E-state index contributed by atoms with van der Waals surface area (Å²) in [5.74, 6) is -0.345. The maximum absolute atomic E-state index is 11.9. The quantitative estimate of drug-likeness (QED) is 0.877. The molecule has 0 unspecified atom stereocenters. The Kier molecular flexibility index (Phi) is 3.92. The molecule has 0 amide bonds. The molecule has 1 aromatic heterocycles. The molecule has 2 rings (SSSR count). The third-order valence-corrected chi connectivity index (χ3v) is 3.72. The Morgan fingerprint density at radius 2 is 2.05 bits per heavy atom. The van der Waals surface area contributed by atoms with Crippen molar-refractivity contribution in [2.75, 3.05) is 0 Å². The lowest BCUT2D eigenvalue weighted by Gasteiger charge is -2.22. The molecule has 4 heteroatoms. The maximum Gasteiger partial charge on any atom is 0.323 e. The van der Waals surface area contributed by atoms with Crippen LogP contribution in [0.2, 0.25) is 0 Å². The smallest absolute Gasteiger partial charge is 0.323 e. The van der Waals surface area contributed by atoms with E-state index in [9.17, 15) is 4.79 Å². The van der Waals surface area contributed by atoms with Crippen LogP contribution in [-0.4, -0.2) is 17.6 Å². The minimum Gasteiger partial charge on any atom is -0.459 e. The number of ether oxygens (including phenoxy) is 1. The molecule has 19 heavy (non-hydrogen) atoms. The molecule has 3 nitrogen and oxygen atoms in total. The van der Waals surface area contributed by atoms with Crippen LogP contribution in [0.1, 0.15) is 26.3 Å². The lowest BCUT2D eigenvalue weighted by atomic mass is 10.1. The van der Waals surface area contributed by atoms with E-state index < -0.39 is 11.6 Å². The van der Waals surface area contributed by atoms with E-state index in [0.29, 0.717) is 6.42 Å². The van der Waals surface area contributed by atoms with Gasteiger partial charge < -0.3 is 10.5 Å². The van der Waals surface area contributed by atoms with Crippen molar-refractivity contribution in [3.8, 4) is 0 Å². The summed E-state index contributed by atoms with van der Waals surface area (Å²) in [7, 11) is 0. The second-order valence-electron chi connectivity index (χ2n) is 5.60. The molecular formula is C15H19NO2S. The van der Waals surface area contributed by atoms with Gasteiger partial charge in [-0.2, -0.15) is 0 Å². The van der Waals surface area contributed by atoms with Gasteiger partial charge in [-0.15, -0.1) is 11.3 Å². The Morgan fingerprint density at radius 3 is 2.74 bits per heavy atom. The molecule has 0 saturated carbocycles. The number of benzene rings is 1. The SMILES string of the molecule is CC(C)(C)OC(=O)[C@@H](N)Cc1csc2ccccc12. The van der Waals surface area contributed by atoms with E-state index in [0.717, 1.165) is 5.56 Å². The van der Waals surface area contributed by atoms with E-state index in [4.69, 9.17) is 10.5 Å². The molecule has 2 aromatic rings. The number of carbonyl (C=O) groups excluding carboxylic acids is 1. The van der Waals surface area contributed by atoms with Gasteiger partial charge in [0.2, 0.25) is 0 Å². The number of carbonyl (C=O) groups is 1. The van der Waals surface area contributed by atoms with Crippen LogP contribution in [0.25, 0.3) is 10.1 Å². The first-order chi connectivity index (χ1) is 8.87. The van der Waals surface area contributed by atoms with Crippen LogP contribution in [0.5, 0.6) is 0 Å². The summed E-state index contributed by atoms with van der Waals surface area (Å²) in [4.78, 5) is 11.9. The van der Waals surface area contributed by atoms with Gasteiger partial charge in [-0.3, -0.25) is 4.79 Å². The topological polar surface area (TPSA) is 52.3 Å². The number of esters is 1. The molecule has 0 bridgehead atoms. The van der Waals surface area contributed by atoms with Crippen LogP contribution in [0.4, 0.5) is 0 Å². The summed E-state index contributed by atoms with van der Waals surface area (Å²) in [6.45, 7) is 5.53. The molecule has 1 aromatic carbocycles. The summed E-state index contributed by atoms with van der Waals surface area (Å²) in [5.41, 5.74) is 6.55. The molecular weight excluding hydrogens is 258 g/mol. The van der Waals surface area contributed by atoms with Crippen molar-refractivity contribution in [1.82, 2.24) is 0 Å². The van der Waals surface area contributed by atoms with E-state index >= 15 is 0 Å². The first-order valence-electron chi connectivity index (χ1n) is 6.30. The van der Waals surface area contributed by atoms with Crippen LogP contribution in [0.15, 0.2) is 29.6 Å². The molecule has 102 valence electrons. The number of hydrogen-bond donors (Lipinski definition) is 1. The second-order valence-corrected chi connectivity index (χ2v) is 6.51. The van der Waals surface area contributed by atoms with Crippen LogP contribution in [-0.2, 0) is 16.0 Å². The Labute approximate surface area is 117 Å². The lowest BCUT2D eigenvalue weighted by molar-refractivity contribution is -0.156. The molecule has 2 N–H and O–H groups in total. The van der Waals surface area contributed by atoms with Crippen LogP contribution >= 0.6 is 11.3 Å². The van der Waals surface area contributed by atoms with Gasteiger partial charge in [0.15, 0.2) is 0 Å². The number of thiophene rings is 1. The highest BCUT2D eigenvalue weighted by Gasteiger charge is 2.23. The van der Waals surface area contributed by atoms with Gasteiger partial charge in [0, 0.05) is 4.70 Å². The van der Waals surface area contributed by atoms with E-state index in [1.54, 1.807) is 11.3 Å². The Balaban J connectivity index is 2.10. The molecule has 0 saturated heterocycles. The van der Waals surface area contributed by atoms with E-state index in [-0.39, 0.29) is 5.97 Å². The van der Waals surface area contributed by atoms with Crippen LogP contribution < -0.4 is 5.73 Å². The molecule has 0 radical (unpaired) electrons. The largest absolute Gasteiger partial charge is 0.459 e. The predicted molar refractivity (Wildman–Crippen MR) is 79.3 cm³/mol. The van der Waals surface area contributed by atoms with Gasteiger partial charge in [-0.1, -0.05) is 18.2 Å². The van der Waals surface area contributed by atoms with E-state index in [2.05, 4.69) is 17.5 Å². The zero-order valence-electron chi connectivity index (χ0n) is 11.5. The van der Waals surface area contributed by atoms with Crippen molar-refractivity contribution in [2.24, 2.45) is 5.73 Å². The third-order valence-electron chi connectivity index (χ3n) is 2.71. The van der Waals surface area contributed by atoms with Crippen molar-refractivity contribution < 1.29 is 9.53 Å². The summed E-state index contributed by atoms with van der Waals surface area (Å²) in [6.07, 6.45) is 0.513. The predicted octanol–water partition coefficient (Wildman–Crippen LogP) is 3.11. The summed E-state index contributed by atoms with van der Waals surface area (Å²) in [6, 6.07) is 7.52. The standard InChI is InChI=1S/C15H19NO2S/c1-15(2,3)18-14(17)12(16)8-10-9-19-13-7-5-4-6-11(10)13/h4-7,9,12H,8,16H2,1-3H3/t12-/m0/s1. The molecule has 0 aliphatic rings. The molecule has 0 fully saturated rings. The second kappa shape index (κ2) is 5.31. The van der Waals surface area contributed by atoms with Crippen molar-refractivity contribution in [3.63, 3.8) is 0 Å². The highest BCUT2D eigenvalue weighted by Crippen LogP contribution is 2.26. The number of fused-ring (bicyclic) bond motifs is 1. The average molecular weight is 277 g/mol. The van der Waals surface area contributed by atoms with Crippen LogP contribution in [0, 0.1) is 0 Å². The van der Waals surface area contributed by atoms with E-state index in [1.165, 1.54) is 10.1 Å². The first-order valence-corrected chi connectivity index (χ1v) is 7.18. The summed E-state index contributed by atoms with van der Waals surface area (Å²) < 4.78 is 6.52. The normalized spacial score (nSPS) is 13.5. The molecule has 0 aliphatic carbocycles. The maximum atomic E-state index is 11.9. The molecule has 1 atom stereocenters. The Morgan fingerprint density at radius 1 is 1.37 bits per heavy atom. The van der Waals surface area contributed by atoms with Gasteiger partial charge in [0.05, 0.1) is 0 Å². The van der Waals surface area contributed by atoms with Gasteiger partial charge in [0.25, 0.3) is 0 Å². The van der Waals surface area contributed by atoms with Gasteiger partial charge in [-0.05, 0) is 49.6 Å². The monoisotopic (exact) mass is 277 g/mol. The minimum atomic E-state index is -0.614. The summed E-state index contributed by atoms with van der Waals surface area (Å²) >= 11 is 1.67. The fourth-order valence-electron chi connectivity index (χ4n) is 1.89. The highest BCUT2D eigenvalue weighted by atomic mass is 32.1. The Bertz CT molecular complexity index is 583. The molecule has 1 heterocycles. The van der Waals surface area contributed by atoms with Crippen molar-refractivity contribution in [1.29, 1.82) is 0 Å². The number of rotatable bonds is 3. The van der Waals surface area contributed by atoms with E-state index in [1.807, 2.05) is 32.9 Å². The van der Waals surface area contributed by atoms with Crippen molar-refractivity contribution in [3.05, 3.63) is 35.2 Å². The van der Waals surface area contributed by atoms with Crippen LogP contribution in [0.3, 0.4) is 0 Å². The van der Waals surface area contributed by atoms with Crippen molar-refractivity contribution >= 4 is 27.4 Å². The molecule has 0 spiro atoms. The number of nitrogens with two attached hydrogens (primary N) is 1. The third kappa shape index (κ3) is 3.55. The molecule has 0 aliphatic heterocycles. The summed E-state index contributed by atoms with van der Waals surface area (Å²) in [5, 5.41) is 3.24. The van der Waals surface area contributed by atoms with Crippen molar-refractivity contribution in [2.45, 2.75) is 38.8 Å². The lowest BCUT2D eigenvalue weighted by Crippen LogP contribution is -2.38. The average Bonchev–Trinajstić information content (AvgIpc) is 2.70. The minimum absolute atomic E-state index is 0.345.